The fourth-order valence-corrected chi connectivity index (χ4v) is 2.20. The second kappa shape index (κ2) is 6.77. The summed E-state index contributed by atoms with van der Waals surface area (Å²) < 4.78 is 10.3. The van der Waals surface area contributed by atoms with E-state index in [1.165, 1.54) is 7.11 Å². The first-order chi connectivity index (χ1) is 9.60. The molecule has 0 amide bonds. The molecule has 0 radical (unpaired) electrons. The first-order valence-electron chi connectivity index (χ1n) is 5.85. The number of benzene rings is 2. The van der Waals surface area contributed by atoms with Crippen molar-refractivity contribution in [3.8, 4) is 11.5 Å². The zero-order chi connectivity index (χ0) is 14.5. The standard InChI is InChI=1S/C15H12BrClO3/c1-19-15(18)14(16)10-2-6-12(7-3-10)20-13-8-4-11(17)5-9-13/h2-9,14H,1H3. The average molecular weight is 356 g/mol. The fraction of sp³-hybridized carbons (Fsp3) is 0.133. The zero-order valence-corrected chi connectivity index (χ0v) is 13.0. The first kappa shape index (κ1) is 14.9. The molecule has 2 aromatic carbocycles. The third-order valence-corrected chi connectivity index (χ3v) is 3.78. The van der Waals surface area contributed by atoms with Crippen molar-refractivity contribution in [2.24, 2.45) is 0 Å². The molecule has 0 aliphatic carbocycles. The second-order valence-electron chi connectivity index (χ2n) is 4.01. The van der Waals surface area contributed by atoms with Crippen LogP contribution in [0.25, 0.3) is 0 Å². The maximum Gasteiger partial charge on any atom is 0.323 e. The molecule has 2 rings (SSSR count). The zero-order valence-electron chi connectivity index (χ0n) is 10.7. The number of methoxy groups -OCH3 is 1. The van der Waals surface area contributed by atoms with Gasteiger partial charge in [0.2, 0.25) is 0 Å². The van der Waals surface area contributed by atoms with E-state index in [1.807, 2.05) is 12.1 Å². The Morgan fingerprint density at radius 2 is 1.55 bits per heavy atom. The summed E-state index contributed by atoms with van der Waals surface area (Å²) in [5.74, 6) is 1.04. The van der Waals surface area contributed by atoms with Gasteiger partial charge in [-0.3, -0.25) is 4.79 Å². The third-order valence-electron chi connectivity index (χ3n) is 2.63. The van der Waals surface area contributed by atoms with Gasteiger partial charge in [0.25, 0.3) is 0 Å². The predicted molar refractivity (Wildman–Crippen MR) is 81.7 cm³/mol. The Balaban J connectivity index is 2.08. The summed E-state index contributed by atoms with van der Waals surface area (Å²) in [7, 11) is 1.36. The molecule has 0 N–H and O–H groups in total. The van der Waals surface area contributed by atoms with Crippen molar-refractivity contribution in [3.05, 3.63) is 59.1 Å². The monoisotopic (exact) mass is 354 g/mol. The van der Waals surface area contributed by atoms with Gasteiger partial charge < -0.3 is 9.47 Å². The SMILES string of the molecule is COC(=O)C(Br)c1ccc(Oc2ccc(Cl)cc2)cc1. The minimum Gasteiger partial charge on any atom is -0.468 e. The molecule has 0 heterocycles. The van der Waals surface area contributed by atoms with E-state index >= 15 is 0 Å². The van der Waals surface area contributed by atoms with Crippen molar-refractivity contribution < 1.29 is 14.3 Å². The number of carbonyl (C=O) groups is 1. The van der Waals surface area contributed by atoms with E-state index in [4.69, 9.17) is 16.3 Å². The van der Waals surface area contributed by atoms with Crippen molar-refractivity contribution in [1.29, 1.82) is 0 Å². The molecule has 5 heteroatoms. The lowest BCUT2D eigenvalue weighted by molar-refractivity contribution is -0.139. The van der Waals surface area contributed by atoms with Crippen LogP contribution in [-0.4, -0.2) is 13.1 Å². The second-order valence-corrected chi connectivity index (χ2v) is 5.36. The Kier molecular flexibility index (Phi) is 5.04. The van der Waals surface area contributed by atoms with E-state index in [-0.39, 0.29) is 5.97 Å². The highest BCUT2D eigenvalue weighted by atomic mass is 79.9. The summed E-state index contributed by atoms with van der Waals surface area (Å²) in [5, 5.41) is 0.660. The molecule has 104 valence electrons. The Hall–Kier alpha value is -1.52. The molecule has 0 saturated carbocycles. The summed E-state index contributed by atoms with van der Waals surface area (Å²) in [5.41, 5.74) is 0.806. The first-order valence-corrected chi connectivity index (χ1v) is 7.15. The molecule has 3 nitrogen and oxygen atoms in total. The molecule has 0 aliphatic rings. The van der Waals surface area contributed by atoms with Crippen molar-refractivity contribution in [1.82, 2.24) is 0 Å². The van der Waals surface area contributed by atoms with Gasteiger partial charge in [-0.05, 0) is 42.0 Å². The van der Waals surface area contributed by atoms with Gasteiger partial charge >= 0.3 is 5.97 Å². The van der Waals surface area contributed by atoms with Gasteiger partial charge in [0.05, 0.1) is 7.11 Å². The Labute approximate surface area is 130 Å². The van der Waals surface area contributed by atoms with Crippen molar-refractivity contribution >= 4 is 33.5 Å². The normalized spacial score (nSPS) is 11.8. The molecular formula is C15H12BrClO3. The molecule has 20 heavy (non-hydrogen) atoms. The number of hydrogen-bond donors (Lipinski definition) is 0. The summed E-state index contributed by atoms with van der Waals surface area (Å²) in [4.78, 5) is 10.9. The van der Waals surface area contributed by atoms with Crippen molar-refractivity contribution in [2.45, 2.75) is 4.83 Å². The smallest absolute Gasteiger partial charge is 0.323 e. The molecule has 0 aromatic heterocycles. The lowest BCUT2D eigenvalue weighted by Gasteiger charge is -2.09. The lowest BCUT2D eigenvalue weighted by Crippen LogP contribution is -2.07. The van der Waals surface area contributed by atoms with Crippen LogP contribution < -0.4 is 4.74 Å². The molecule has 1 atom stereocenters. The van der Waals surface area contributed by atoms with Crippen molar-refractivity contribution in [2.75, 3.05) is 7.11 Å². The number of alkyl halides is 1. The van der Waals surface area contributed by atoms with E-state index in [2.05, 4.69) is 20.7 Å². The molecular weight excluding hydrogens is 344 g/mol. The van der Waals surface area contributed by atoms with Crippen LogP contribution >= 0.6 is 27.5 Å². The van der Waals surface area contributed by atoms with Gasteiger partial charge in [-0.1, -0.05) is 39.7 Å². The number of halogens is 2. The van der Waals surface area contributed by atoms with Crippen LogP contribution in [0.15, 0.2) is 48.5 Å². The highest BCUT2D eigenvalue weighted by molar-refractivity contribution is 9.09. The largest absolute Gasteiger partial charge is 0.468 e. The Morgan fingerprint density at radius 1 is 1.05 bits per heavy atom. The van der Waals surface area contributed by atoms with Gasteiger partial charge in [-0.2, -0.15) is 0 Å². The molecule has 2 aromatic rings. The highest BCUT2D eigenvalue weighted by Crippen LogP contribution is 2.28. The van der Waals surface area contributed by atoms with Crippen LogP contribution in [0.2, 0.25) is 5.02 Å². The maximum absolute atomic E-state index is 11.4. The average Bonchev–Trinajstić information content (AvgIpc) is 2.49. The number of ether oxygens (including phenoxy) is 2. The highest BCUT2D eigenvalue weighted by Gasteiger charge is 2.17. The number of carbonyl (C=O) groups excluding carboxylic acids is 1. The molecule has 0 spiro atoms. The quantitative estimate of drug-likeness (QED) is 0.587. The summed E-state index contributed by atoms with van der Waals surface area (Å²) in [6, 6.07) is 14.3. The van der Waals surface area contributed by atoms with Gasteiger partial charge in [0.15, 0.2) is 0 Å². The molecule has 0 bridgehead atoms. The van der Waals surface area contributed by atoms with Crippen LogP contribution in [-0.2, 0) is 9.53 Å². The number of hydrogen-bond acceptors (Lipinski definition) is 3. The van der Waals surface area contributed by atoms with Crippen LogP contribution in [0.3, 0.4) is 0 Å². The fourth-order valence-electron chi connectivity index (χ4n) is 1.58. The topological polar surface area (TPSA) is 35.5 Å². The van der Waals surface area contributed by atoms with Crippen molar-refractivity contribution in [3.63, 3.8) is 0 Å². The Morgan fingerprint density at radius 3 is 2.05 bits per heavy atom. The van der Waals surface area contributed by atoms with Gasteiger partial charge in [0, 0.05) is 5.02 Å². The molecule has 1 unspecified atom stereocenters. The minimum atomic E-state index is -0.475. The summed E-state index contributed by atoms with van der Waals surface area (Å²) in [6.45, 7) is 0. The van der Waals surface area contributed by atoms with Crippen LogP contribution in [0.4, 0.5) is 0 Å². The van der Waals surface area contributed by atoms with Crippen LogP contribution in [0.1, 0.15) is 10.4 Å². The summed E-state index contributed by atoms with van der Waals surface area (Å²) in [6.07, 6.45) is 0. The van der Waals surface area contributed by atoms with Crippen LogP contribution in [0.5, 0.6) is 11.5 Å². The Bertz CT molecular complexity index is 581. The van der Waals surface area contributed by atoms with Gasteiger partial charge in [-0.15, -0.1) is 0 Å². The number of esters is 1. The minimum absolute atomic E-state index is 0.337. The van der Waals surface area contributed by atoms with Crippen LogP contribution in [0, 0.1) is 0 Å². The van der Waals surface area contributed by atoms with E-state index in [0.29, 0.717) is 16.5 Å². The van der Waals surface area contributed by atoms with E-state index in [0.717, 1.165) is 5.56 Å². The maximum atomic E-state index is 11.4. The van der Waals surface area contributed by atoms with E-state index < -0.39 is 4.83 Å². The third kappa shape index (κ3) is 3.74. The van der Waals surface area contributed by atoms with Gasteiger partial charge in [0.1, 0.15) is 16.3 Å². The van der Waals surface area contributed by atoms with E-state index in [9.17, 15) is 4.79 Å². The predicted octanol–water partition coefficient (Wildman–Crippen LogP) is 4.74. The van der Waals surface area contributed by atoms with Gasteiger partial charge in [-0.25, -0.2) is 0 Å². The molecule has 0 fully saturated rings. The molecule has 0 aliphatic heterocycles. The summed E-state index contributed by atoms with van der Waals surface area (Å²) >= 11 is 9.09. The number of rotatable bonds is 4. The lowest BCUT2D eigenvalue weighted by atomic mass is 10.1. The van der Waals surface area contributed by atoms with E-state index in [1.54, 1.807) is 36.4 Å². The molecule has 0 saturated heterocycles.